The number of sulfonamides is 1. The quantitative estimate of drug-likeness (QED) is 0.801. The minimum Gasteiger partial charge on any atom is -0.313 e. The van der Waals surface area contributed by atoms with Gasteiger partial charge in [-0.3, -0.25) is 0 Å². The molecule has 2 rings (SSSR count). The number of hydrogen-bond donors (Lipinski definition) is 1. The Balaban J connectivity index is 1.97. The SMILES string of the molecule is CC1(C)CCN(S(=O)(=O)CC2CCCN2)C1. The molecule has 0 aliphatic carbocycles. The Morgan fingerprint density at radius 1 is 1.44 bits per heavy atom. The fourth-order valence-electron chi connectivity index (χ4n) is 2.56. The Kier molecular flexibility index (Phi) is 3.29. The highest BCUT2D eigenvalue weighted by Gasteiger charge is 2.37. The molecule has 2 aliphatic rings. The second-order valence-corrected chi connectivity index (χ2v) is 7.83. The maximum Gasteiger partial charge on any atom is 0.215 e. The molecule has 1 atom stereocenters. The Morgan fingerprint density at radius 2 is 2.19 bits per heavy atom. The molecular weight excluding hydrogens is 224 g/mol. The van der Waals surface area contributed by atoms with E-state index in [0.29, 0.717) is 13.1 Å². The molecule has 2 aliphatic heterocycles. The normalized spacial score (nSPS) is 31.0. The highest BCUT2D eigenvalue weighted by Crippen LogP contribution is 2.31. The van der Waals surface area contributed by atoms with Crippen LogP contribution in [0, 0.1) is 5.41 Å². The van der Waals surface area contributed by atoms with Crippen molar-refractivity contribution in [3.63, 3.8) is 0 Å². The molecule has 0 aromatic carbocycles. The lowest BCUT2D eigenvalue weighted by Crippen LogP contribution is -2.39. The van der Waals surface area contributed by atoms with Crippen LogP contribution in [-0.4, -0.2) is 44.2 Å². The first-order valence-corrected chi connectivity index (χ1v) is 7.71. The zero-order valence-corrected chi connectivity index (χ0v) is 11.0. The molecule has 1 unspecified atom stereocenters. The van der Waals surface area contributed by atoms with E-state index in [1.165, 1.54) is 0 Å². The summed E-state index contributed by atoms with van der Waals surface area (Å²) in [4.78, 5) is 0. The average molecular weight is 246 g/mol. The maximum atomic E-state index is 12.2. The third kappa shape index (κ3) is 2.76. The van der Waals surface area contributed by atoms with Crippen LogP contribution in [0.5, 0.6) is 0 Å². The van der Waals surface area contributed by atoms with E-state index in [-0.39, 0.29) is 17.2 Å². The first-order chi connectivity index (χ1) is 7.39. The molecule has 0 bridgehead atoms. The summed E-state index contributed by atoms with van der Waals surface area (Å²) in [5.74, 6) is 0.281. The number of nitrogens with zero attached hydrogens (tertiary/aromatic N) is 1. The van der Waals surface area contributed by atoms with Crippen molar-refractivity contribution in [2.24, 2.45) is 5.41 Å². The van der Waals surface area contributed by atoms with Crippen LogP contribution in [0.2, 0.25) is 0 Å². The van der Waals surface area contributed by atoms with Gasteiger partial charge in [0.1, 0.15) is 0 Å². The van der Waals surface area contributed by atoms with Crippen molar-refractivity contribution in [3.05, 3.63) is 0 Å². The van der Waals surface area contributed by atoms with Gasteiger partial charge in [0.2, 0.25) is 10.0 Å². The molecule has 0 saturated carbocycles. The van der Waals surface area contributed by atoms with Crippen LogP contribution < -0.4 is 5.32 Å². The van der Waals surface area contributed by atoms with Gasteiger partial charge in [0.05, 0.1) is 5.75 Å². The Hall–Kier alpha value is -0.130. The van der Waals surface area contributed by atoms with Crippen LogP contribution in [0.25, 0.3) is 0 Å². The van der Waals surface area contributed by atoms with E-state index in [4.69, 9.17) is 0 Å². The monoisotopic (exact) mass is 246 g/mol. The summed E-state index contributed by atoms with van der Waals surface area (Å²) < 4.78 is 26.0. The molecule has 2 saturated heterocycles. The largest absolute Gasteiger partial charge is 0.313 e. The summed E-state index contributed by atoms with van der Waals surface area (Å²) in [7, 11) is -3.04. The topological polar surface area (TPSA) is 49.4 Å². The predicted molar refractivity (Wildman–Crippen MR) is 64.8 cm³/mol. The van der Waals surface area contributed by atoms with E-state index in [1.54, 1.807) is 4.31 Å². The second kappa shape index (κ2) is 4.27. The van der Waals surface area contributed by atoms with Gasteiger partial charge in [-0.05, 0) is 31.2 Å². The molecule has 0 radical (unpaired) electrons. The molecule has 0 spiro atoms. The van der Waals surface area contributed by atoms with Gasteiger partial charge in [-0.15, -0.1) is 0 Å². The van der Waals surface area contributed by atoms with Crippen molar-refractivity contribution in [1.29, 1.82) is 0 Å². The van der Waals surface area contributed by atoms with E-state index < -0.39 is 10.0 Å². The van der Waals surface area contributed by atoms with Gasteiger partial charge >= 0.3 is 0 Å². The Bertz CT molecular complexity index is 345. The maximum absolute atomic E-state index is 12.2. The Morgan fingerprint density at radius 3 is 2.69 bits per heavy atom. The minimum absolute atomic E-state index is 0.149. The molecule has 0 aromatic rings. The summed E-state index contributed by atoms with van der Waals surface area (Å²) in [5.41, 5.74) is 0.149. The van der Waals surface area contributed by atoms with E-state index in [0.717, 1.165) is 25.8 Å². The van der Waals surface area contributed by atoms with Crippen molar-refractivity contribution in [1.82, 2.24) is 9.62 Å². The van der Waals surface area contributed by atoms with Crippen molar-refractivity contribution >= 4 is 10.0 Å². The van der Waals surface area contributed by atoms with Gasteiger partial charge < -0.3 is 5.32 Å². The lowest BCUT2D eigenvalue weighted by atomic mass is 9.93. The van der Waals surface area contributed by atoms with Gasteiger partial charge in [0.25, 0.3) is 0 Å². The summed E-state index contributed by atoms with van der Waals surface area (Å²) in [5, 5.41) is 3.25. The van der Waals surface area contributed by atoms with E-state index >= 15 is 0 Å². The fraction of sp³-hybridized carbons (Fsp3) is 1.00. The van der Waals surface area contributed by atoms with Crippen molar-refractivity contribution in [2.75, 3.05) is 25.4 Å². The smallest absolute Gasteiger partial charge is 0.215 e. The summed E-state index contributed by atoms with van der Waals surface area (Å²) in [6, 6.07) is 0.175. The van der Waals surface area contributed by atoms with Crippen molar-refractivity contribution in [3.8, 4) is 0 Å². The van der Waals surface area contributed by atoms with Crippen molar-refractivity contribution in [2.45, 2.75) is 39.2 Å². The van der Waals surface area contributed by atoms with E-state index in [2.05, 4.69) is 19.2 Å². The lowest BCUT2D eigenvalue weighted by Gasteiger charge is -2.21. The van der Waals surface area contributed by atoms with Crippen molar-refractivity contribution < 1.29 is 8.42 Å². The van der Waals surface area contributed by atoms with Crippen LogP contribution in [-0.2, 0) is 10.0 Å². The summed E-state index contributed by atoms with van der Waals surface area (Å²) in [6.07, 6.45) is 3.08. The zero-order chi connectivity index (χ0) is 11.8. The van der Waals surface area contributed by atoms with Crippen LogP contribution in [0.4, 0.5) is 0 Å². The molecule has 2 fully saturated rings. The highest BCUT2D eigenvalue weighted by atomic mass is 32.2. The second-order valence-electron chi connectivity index (χ2n) is 5.82. The molecule has 0 aromatic heterocycles. The molecule has 4 nitrogen and oxygen atoms in total. The van der Waals surface area contributed by atoms with Crippen LogP contribution in [0.1, 0.15) is 33.1 Å². The highest BCUT2D eigenvalue weighted by molar-refractivity contribution is 7.89. The summed E-state index contributed by atoms with van der Waals surface area (Å²) in [6.45, 7) is 6.61. The number of nitrogens with one attached hydrogen (secondary N) is 1. The predicted octanol–water partition coefficient (Wildman–Crippen LogP) is 0.800. The van der Waals surface area contributed by atoms with Gasteiger partial charge in [-0.2, -0.15) is 0 Å². The van der Waals surface area contributed by atoms with Gasteiger partial charge in [0.15, 0.2) is 0 Å². The van der Waals surface area contributed by atoms with Crippen LogP contribution in [0.3, 0.4) is 0 Å². The molecule has 94 valence electrons. The Labute approximate surface area is 98.4 Å². The molecule has 2 heterocycles. The first-order valence-electron chi connectivity index (χ1n) is 6.10. The zero-order valence-electron chi connectivity index (χ0n) is 10.2. The number of hydrogen-bond acceptors (Lipinski definition) is 3. The van der Waals surface area contributed by atoms with Gasteiger partial charge in [-0.25, -0.2) is 12.7 Å². The van der Waals surface area contributed by atoms with Crippen LogP contribution >= 0.6 is 0 Å². The lowest BCUT2D eigenvalue weighted by molar-refractivity contribution is 0.374. The first kappa shape index (κ1) is 12.3. The molecule has 0 amide bonds. The standard InChI is InChI=1S/C11H22N2O2S/c1-11(2)5-7-13(9-11)16(14,15)8-10-4-3-6-12-10/h10,12H,3-9H2,1-2H3. The average Bonchev–Trinajstić information content (AvgIpc) is 2.74. The number of rotatable bonds is 3. The molecule has 5 heteroatoms. The summed E-state index contributed by atoms with van der Waals surface area (Å²) >= 11 is 0. The molecule has 1 N–H and O–H groups in total. The van der Waals surface area contributed by atoms with Crippen LogP contribution in [0.15, 0.2) is 0 Å². The fourth-order valence-corrected chi connectivity index (χ4v) is 4.48. The molecule has 16 heavy (non-hydrogen) atoms. The molecular formula is C11H22N2O2S. The minimum atomic E-state index is -3.04. The van der Waals surface area contributed by atoms with Gasteiger partial charge in [-0.1, -0.05) is 13.8 Å². The van der Waals surface area contributed by atoms with E-state index in [9.17, 15) is 8.42 Å². The third-order valence-corrected chi connectivity index (χ3v) is 5.53. The third-order valence-electron chi connectivity index (χ3n) is 3.61. The van der Waals surface area contributed by atoms with Gasteiger partial charge in [0, 0.05) is 19.1 Å². The van der Waals surface area contributed by atoms with E-state index in [1.807, 2.05) is 0 Å².